The summed E-state index contributed by atoms with van der Waals surface area (Å²) >= 11 is 0. The molecule has 1 aliphatic rings. The van der Waals surface area contributed by atoms with Crippen molar-refractivity contribution in [3.63, 3.8) is 0 Å². The third-order valence-corrected chi connectivity index (χ3v) is 2.88. The zero-order chi connectivity index (χ0) is 11.5. The summed E-state index contributed by atoms with van der Waals surface area (Å²) < 4.78 is 9.86. The van der Waals surface area contributed by atoms with Gasteiger partial charge in [-0.3, -0.25) is 9.59 Å². The fourth-order valence-electron chi connectivity index (χ4n) is 1.93. The molecule has 4 heteroatoms. The molecule has 0 N–H and O–H groups in total. The molecule has 0 spiro atoms. The average molecular weight is 214 g/mol. The quantitative estimate of drug-likeness (QED) is 0.514. The highest BCUT2D eigenvalue weighted by atomic mass is 16.6. The van der Waals surface area contributed by atoms with E-state index in [1.165, 1.54) is 0 Å². The van der Waals surface area contributed by atoms with Gasteiger partial charge < -0.3 is 9.47 Å². The second-order valence-electron chi connectivity index (χ2n) is 3.72. The summed E-state index contributed by atoms with van der Waals surface area (Å²) in [5.74, 6) is -0.749. The van der Waals surface area contributed by atoms with Crippen molar-refractivity contribution in [2.75, 3.05) is 13.2 Å². The highest BCUT2D eigenvalue weighted by Gasteiger charge is 2.67. The molecule has 4 nitrogen and oxygen atoms in total. The lowest BCUT2D eigenvalue weighted by molar-refractivity contribution is -0.165. The van der Waals surface area contributed by atoms with Gasteiger partial charge in [0, 0.05) is 0 Å². The molecule has 1 atom stereocenters. The normalized spacial score (nSPS) is 21.9. The summed E-state index contributed by atoms with van der Waals surface area (Å²) in [6.45, 7) is 6.04. The smallest absolute Gasteiger partial charge is 0.323 e. The molecule has 0 radical (unpaired) electrons. The minimum atomic E-state index is -0.985. The molecule has 15 heavy (non-hydrogen) atoms. The summed E-state index contributed by atoms with van der Waals surface area (Å²) in [5, 5.41) is 0. The van der Waals surface area contributed by atoms with E-state index in [1.54, 1.807) is 13.8 Å². The Morgan fingerprint density at radius 1 is 1.13 bits per heavy atom. The van der Waals surface area contributed by atoms with Crippen LogP contribution in [0.3, 0.4) is 0 Å². The largest absolute Gasteiger partial charge is 0.465 e. The second-order valence-corrected chi connectivity index (χ2v) is 3.72. The standard InChI is InChI=1S/C11H18O4/c1-4-8-7-11(8,9(12)14-5-2)10(13)15-6-3/h8H,4-7H2,1-3H3/t8-/m1/s1. The fraction of sp³-hybridized carbons (Fsp3) is 0.818. The van der Waals surface area contributed by atoms with Crippen molar-refractivity contribution < 1.29 is 19.1 Å². The Morgan fingerprint density at radius 3 is 1.87 bits per heavy atom. The Hall–Kier alpha value is -1.06. The first-order valence-corrected chi connectivity index (χ1v) is 5.47. The van der Waals surface area contributed by atoms with Crippen molar-refractivity contribution in [3.8, 4) is 0 Å². The van der Waals surface area contributed by atoms with Gasteiger partial charge in [-0.05, 0) is 26.2 Å². The molecule has 0 amide bonds. The third kappa shape index (κ3) is 1.98. The van der Waals surface area contributed by atoms with E-state index in [0.29, 0.717) is 19.6 Å². The van der Waals surface area contributed by atoms with Crippen LogP contribution in [-0.4, -0.2) is 25.2 Å². The van der Waals surface area contributed by atoms with Gasteiger partial charge in [-0.1, -0.05) is 13.3 Å². The van der Waals surface area contributed by atoms with Gasteiger partial charge in [0.25, 0.3) is 0 Å². The molecule has 0 aromatic heterocycles. The molecule has 86 valence electrons. The lowest BCUT2D eigenvalue weighted by Crippen LogP contribution is -2.31. The van der Waals surface area contributed by atoms with E-state index in [2.05, 4.69) is 0 Å². The Bertz CT molecular complexity index is 241. The van der Waals surface area contributed by atoms with Crippen molar-refractivity contribution in [3.05, 3.63) is 0 Å². The molecule has 1 rings (SSSR count). The van der Waals surface area contributed by atoms with Crippen LogP contribution in [-0.2, 0) is 19.1 Å². The van der Waals surface area contributed by atoms with Crippen LogP contribution in [0.25, 0.3) is 0 Å². The van der Waals surface area contributed by atoms with Gasteiger partial charge >= 0.3 is 11.9 Å². The molecule has 0 aliphatic heterocycles. The number of esters is 2. The van der Waals surface area contributed by atoms with E-state index in [0.717, 1.165) is 6.42 Å². The number of rotatable bonds is 5. The number of hydrogen-bond donors (Lipinski definition) is 0. The van der Waals surface area contributed by atoms with E-state index >= 15 is 0 Å². The summed E-state index contributed by atoms with van der Waals surface area (Å²) in [5.41, 5.74) is -0.985. The molecule has 0 heterocycles. The fourth-order valence-corrected chi connectivity index (χ4v) is 1.93. The van der Waals surface area contributed by atoms with Gasteiger partial charge in [-0.2, -0.15) is 0 Å². The Morgan fingerprint density at radius 2 is 1.60 bits per heavy atom. The lowest BCUT2D eigenvalue weighted by Gasteiger charge is -2.13. The first-order valence-electron chi connectivity index (χ1n) is 5.47. The van der Waals surface area contributed by atoms with E-state index < -0.39 is 17.4 Å². The summed E-state index contributed by atoms with van der Waals surface area (Å²) in [6.07, 6.45) is 1.37. The molecule has 1 aliphatic carbocycles. The molecule has 0 aromatic carbocycles. The number of carbonyl (C=O) groups is 2. The van der Waals surface area contributed by atoms with E-state index in [1.807, 2.05) is 6.92 Å². The van der Waals surface area contributed by atoms with Crippen LogP contribution in [0.2, 0.25) is 0 Å². The minimum Gasteiger partial charge on any atom is -0.465 e. The molecule has 0 unspecified atom stereocenters. The Kier molecular flexibility index (Phi) is 3.72. The molecule has 1 fully saturated rings. The maximum absolute atomic E-state index is 11.7. The maximum atomic E-state index is 11.7. The van der Waals surface area contributed by atoms with Crippen molar-refractivity contribution in [1.82, 2.24) is 0 Å². The maximum Gasteiger partial charge on any atom is 0.323 e. The predicted molar refractivity (Wildman–Crippen MR) is 54.1 cm³/mol. The highest BCUT2D eigenvalue weighted by molar-refractivity contribution is 6.03. The van der Waals surface area contributed by atoms with Crippen molar-refractivity contribution in [2.45, 2.75) is 33.6 Å². The first kappa shape index (κ1) is 12.0. The van der Waals surface area contributed by atoms with Crippen LogP contribution in [0.5, 0.6) is 0 Å². The molecular formula is C11H18O4. The van der Waals surface area contributed by atoms with Gasteiger partial charge in [0.05, 0.1) is 13.2 Å². The number of ether oxygens (including phenoxy) is 2. The molecular weight excluding hydrogens is 196 g/mol. The topological polar surface area (TPSA) is 52.6 Å². The van der Waals surface area contributed by atoms with Crippen LogP contribution in [0, 0.1) is 11.3 Å². The zero-order valence-electron chi connectivity index (χ0n) is 9.54. The van der Waals surface area contributed by atoms with Gasteiger partial charge in [-0.25, -0.2) is 0 Å². The second kappa shape index (κ2) is 4.64. The molecule has 0 saturated heterocycles. The van der Waals surface area contributed by atoms with Gasteiger partial charge in [0.1, 0.15) is 0 Å². The van der Waals surface area contributed by atoms with Crippen molar-refractivity contribution >= 4 is 11.9 Å². The zero-order valence-corrected chi connectivity index (χ0v) is 9.54. The van der Waals surface area contributed by atoms with Crippen molar-refractivity contribution in [1.29, 1.82) is 0 Å². The lowest BCUT2D eigenvalue weighted by atomic mass is 10.0. The monoisotopic (exact) mass is 214 g/mol. The summed E-state index contributed by atoms with van der Waals surface area (Å²) in [6, 6.07) is 0. The average Bonchev–Trinajstić information content (AvgIpc) is 2.94. The van der Waals surface area contributed by atoms with E-state index in [4.69, 9.17) is 9.47 Å². The number of carbonyl (C=O) groups excluding carboxylic acids is 2. The van der Waals surface area contributed by atoms with Gasteiger partial charge in [-0.15, -0.1) is 0 Å². The molecule has 0 aromatic rings. The van der Waals surface area contributed by atoms with Gasteiger partial charge in [0.2, 0.25) is 0 Å². The van der Waals surface area contributed by atoms with Crippen LogP contribution >= 0.6 is 0 Å². The van der Waals surface area contributed by atoms with Crippen LogP contribution < -0.4 is 0 Å². The third-order valence-electron chi connectivity index (χ3n) is 2.88. The summed E-state index contributed by atoms with van der Waals surface area (Å²) in [7, 11) is 0. The van der Waals surface area contributed by atoms with E-state index in [-0.39, 0.29) is 5.92 Å². The first-order chi connectivity index (χ1) is 7.13. The number of hydrogen-bond acceptors (Lipinski definition) is 4. The highest BCUT2D eigenvalue weighted by Crippen LogP contribution is 2.56. The Labute approximate surface area is 89.9 Å². The van der Waals surface area contributed by atoms with Crippen LogP contribution in [0.1, 0.15) is 33.6 Å². The van der Waals surface area contributed by atoms with Crippen molar-refractivity contribution in [2.24, 2.45) is 11.3 Å². The van der Waals surface area contributed by atoms with Gasteiger partial charge in [0.15, 0.2) is 5.41 Å². The summed E-state index contributed by atoms with van der Waals surface area (Å²) in [4.78, 5) is 23.4. The van der Waals surface area contributed by atoms with E-state index in [9.17, 15) is 9.59 Å². The van der Waals surface area contributed by atoms with Crippen LogP contribution in [0.4, 0.5) is 0 Å². The SMILES string of the molecule is CCOC(=O)C1(C(=O)OCC)C[C@H]1CC. The van der Waals surface area contributed by atoms with Crippen LogP contribution in [0.15, 0.2) is 0 Å². The molecule has 0 bridgehead atoms. The minimum absolute atomic E-state index is 0.0931. The predicted octanol–water partition coefficient (Wildman–Crippen LogP) is 1.53. The Balaban J connectivity index is 2.73. The molecule has 1 saturated carbocycles.